The van der Waals surface area contributed by atoms with Gasteiger partial charge in [-0.3, -0.25) is 0 Å². The van der Waals surface area contributed by atoms with Crippen molar-refractivity contribution < 1.29 is 9.47 Å². The third-order valence-electron chi connectivity index (χ3n) is 2.61. The Labute approximate surface area is 122 Å². The number of aromatic nitrogens is 2. The van der Waals surface area contributed by atoms with Crippen LogP contribution < -0.4 is 14.8 Å². The fourth-order valence-electron chi connectivity index (χ4n) is 1.70. The van der Waals surface area contributed by atoms with Gasteiger partial charge in [0.2, 0.25) is 5.75 Å². The van der Waals surface area contributed by atoms with Crippen LogP contribution in [0.15, 0.2) is 24.5 Å². The van der Waals surface area contributed by atoms with Crippen LogP contribution in [0.25, 0.3) is 0 Å². The van der Waals surface area contributed by atoms with Crippen molar-refractivity contribution in [2.45, 2.75) is 13.8 Å². The molecule has 0 bridgehead atoms. The SMILES string of the molecule is CCNc1ncnc(Oc2ccc(C)cc2Cl)c1OC. The summed E-state index contributed by atoms with van der Waals surface area (Å²) in [6.07, 6.45) is 1.41. The van der Waals surface area contributed by atoms with Crippen LogP contribution in [0.4, 0.5) is 5.82 Å². The molecule has 0 aliphatic heterocycles. The molecule has 106 valence electrons. The zero-order valence-electron chi connectivity index (χ0n) is 11.6. The summed E-state index contributed by atoms with van der Waals surface area (Å²) in [6.45, 7) is 4.65. The van der Waals surface area contributed by atoms with Crippen molar-refractivity contribution in [1.29, 1.82) is 0 Å². The minimum atomic E-state index is 0.323. The van der Waals surface area contributed by atoms with E-state index in [1.807, 2.05) is 26.0 Å². The molecule has 0 atom stereocenters. The van der Waals surface area contributed by atoms with Gasteiger partial charge in [-0.2, -0.15) is 4.98 Å². The molecule has 1 aromatic heterocycles. The molecule has 1 heterocycles. The molecule has 0 aliphatic carbocycles. The lowest BCUT2D eigenvalue weighted by Gasteiger charge is -2.13. The highest BCUT2D eigenvalue weighted by Crippen LogP contribution is 2.36. The topological polar surface area (TPSA) is 56.3 Å². The highest BCUT2D eigenvalue weighted by Gasteiger charge is 2.15. The standard InChI is InChI=1S/C14H16ClN3O2/c1-4-16-13-12(19-3)14(18-8-17-13)20-11-6-5-9(2)7-10(11)15/h5-8H,4H2,1-3H3,(H,16,17,18). The summed E-state index contributed by atoms with van der Waals surface area (Å²) in [4.78, 5) is 8.21. The van der Waals surface area contributed by atoms with Gasteiger partial charge in [0.1, 0.15) is 12.1 Å². The van der Waals surface area contributed by atoms with Gasteiger partial charge in [-0.15, -0.1) is 0 Å². The van der Waals surface area contributed by atoms with Gasteiger partial charge in [0.25, 0.3) is 5.88 Å². The molecular formula is C14H16ClN3O2. The highest BCUT2D eigenvalue weighted by molar-refractivity contribution is 6.32. The molecule has 0 saturated carbocycles. The number of rotatable bonds is 5. The van der Waals surface area contributed by atoms with E-state index in [1.165, 1.54) is 6.33 Å². The van der Waals surface area contributed by atoms with E-state index in [9.17, 15) is 0 Å². The Balaban J connectivity index is 2.35. The molecule has 0 fully saturated rings. The number of aryl methyl sites for hydroxylation is 1. The van der Waals surface area contributed by atoms with Gasteiger partial charge in [-0.25, -0.2) is 4.98 Å². The van der Waals surface area contributed by atoms with Gasteiger partial charge in [0.05, 0.1) is 12.1 Å². The summed E-state index contributed by atoms with van der Waals surface area (Å²) < 4.78 is 11.0. The molecule has 0 saturated heterocycles. The predicted octanol–water partition coefficient (Wildman–Crippen LogP) is 3.67. The molecule has 0 radical (unpaired) electrons. The van der Waals surface area contributed by atoms with Gasteiger partial charge < -0.3 is 14.8 Å². The van der Waals surface area contributed by atoms with Crippen LogP contribution in [0.3, 0.4) is 0 Å². The first-order valence-corrected chi connectivity index (χ1v) is 6.60. The normalized spacial score (nSPS) is 10.2. The van der Waals surface area contributed by atoms with E-state index in [4.69, 9.17) is 21.1 Å². The van der Waals surface area contributed by atoms with Crippen molar-refractivity contribution in [2.75, 3.05) is 19.0 Å². The van der Waals surface area contributed by atoms with Gasteiger partial charge in [-0.05, 0) is 31.5 Å². The third kappa shape index (κ3) is 3.11. The maximum Gasteiger partial charge on any atom is 0.268 e. The van der Waals surface area contributed by atoms with Crippen molar-refractivity contribution in [3.63, 3.8) is 0 Å². The number of halogens is 1. The van der Waals surface area contributed by atoms with E-state index in [1.54, 1.807) is 13.2 Å². The number of nitrogens with zero attached hydrogens (tertiary/aromatic N) is 2. The summed E-state index contributed by atoms with van der Waals surface area (Å²) in [5.74, 6) is 1.88. The Kier molecular flexibility index (Phi) is 4.63. The van der Waals surface area contributed by atoms with E-state index < -0.39 is 0 Å². The lowest BCUT2D eigenvalue weighted by molar-refractivity contribution is 0.369. The monoisotopic (exact) mass is 293 g/mol. The van der Waals surface area contributed by atoms with Crippen molar-refractivity contribution in [3.8, 4) is 17.4 Å². The fourth-order valence-corrected chi connectivity index (χ4v) is 1.97. The Bertz CT molecular complexity index is 605. The zero-order chi connectivity index (χ0) is 14.5. The highest BCUT2D eigenvalue weighted by atomic mass is 35.5. The first kappa shape index (κ1) is 14.4. The van der Waals surface area contributed by atoms with E-state index >= 15 is 0 Å². The fraction of sp³-hybridized carbons (Fsp3) is 0.286. The van der Waals surface area contributed by atoms with E-state index in [2.05, 4.69) is 15.3 Å². The number of benzene rings is 1. The van der Waals surface area contributed by atoms with Crippen LogP contribution in [0, 0.1) is 6.92 Å². The van der Waals surface area contributed by atoms with Crippen LogP contribution >= 0.6 is 11.6 Å². The van der Waals surface area contributed by atoms with Crippen molar-refractivity contribution >= 4 is 17.4 Å². The number of hydrogen-bond donors (Lipinski definition) is 1. The maximum absolute atomic E-state index is 6.15. The largest absolute Gasteiger partial charge is 0.489 e. The maximum atomic E-state index is 6.15. The second-order valence-electron chi connectivity index (χ2n) is 4.13. The summed E-state index contributed by atoms with van der Waals surface area (Å²) in [5.41, 5.74) is 1.06. The van der Waals surface area contributed by atoms with Crippen LogP contribution in [0.1, 0.15) is 12.5 Å². The average molecular weight is 294 g/mol. The molecule has 0 spiro atoms. The molecule has 1 N–H and O–H groups in total. The van der Waals surface area contributed by atoms with Gasteiger partial charge in [-0.1, -0.05) is 17.7 Å². The summed E-state index contributed by atoms with van der Waals surface area (Å²) in [7, 11) is 1.54. The molecule has 0 unspecified atom stereocenters. The van der Waals surface area contributed by atoms with Crippen LogP contribution in [-0.2, 0) is 0 Å². The molecule has 5 nitrogen and oxygen atoms in total. The minimum absolute atomic E-state index is 0.323. The lowest BCUT2D eigenvalue weighted by Crippen LogP contribution is -2.04. The van der Waals surface area contributed by atoms with Gasteiger partial charge in [0.15, 0.2) is 5.82 Å². The van der Waals surface area contributed by atoms with Crippen molar-refractivity contribution in [1.82, 2.24) is 9.97 Å². The van der Waals surface area contributed by atoms with Crippen LogP contribution in [0.5, 0.6) is 17.4 Å². The predicted molar refractivity (Wildman–Crippen MR) is 79.0 cm³/mol. The molecule has 6 heteroatoms. The van der Waals surface area contributed by atoms with Gasteiger partial charge in [0, 0.05) is 6.54 Å². The van der Waals surface area contributed by atoms with Crippen LogP contribution in [0.2, 0.25) is 5.02 Å². The number of hydrogen-bond acceptors (Lipinski definition) is 5. The van der Waals surface area contributed by atoms with Gasteiger partial charge >= 0.3 is 0 Å². The van der Waals surface area contributed by atoms with E-state index in [-0.39, 0.29) is 0 Å². The number of methoxy groups -OCH3 is 1. The summed E-state index contributed by atoms with van der Waals surface area (Å²) >= 11 is 6.15. The lowest BCUT2D eigenvalue weighted by atomic mass is 10.2. The van der Waals surface area contributed by atoms with E-state index in [0.717, 1.165) is 12.1 Å². The molecule has 1 aromatic carbocycles. The second kappa shape index (κ2) is 6.43. The summed E-state index contributed by atoms with van der Waals surface area (Å²) in [6, 6.07) is 5.54. The van der Waals surface area contributed by atoms with Crippen molar-refractivity contribution in [3.05, 3.63) is 35.1 Å². The molecule has 0 amide bonds. The molecule has 20 heavy (non-hydrogen) atoms. The smallest absolute Gasteiger partial charge is 0.268 e. The first-order chi connectivity index (χ1) is 9.65. The Morgan fingerprint density at radius 1 is 1.30 bits per heavy atom. The number of nitrogens with one attached hydrogen (secondary N) is 1. The minimum Gasteiger partial charge on any atom is -0.489 e. The second-order valence-corrected chi connectivity index (χ2v) is 4.53. The summed E-state index contributed by atoms with van der Waals surface area (Å²) in [5, 5.41) is 3.61. The first-order valence-electron chi connectivity index (χ1n) is 6.22. The van der Waals surface area contributed by atoms with Crippen LogP contribution in [-0.4, -0.2) is 23.6 Å². The third-order valence-corrected chi connectivity index (χ3v) is 2.91. The quantitative estimate of drug-likeness (QED) is 0.911. The molecule has 0 aliphatic rings. The molecule has 2 rings (SSSR count). The Morgan fingerprint density at radius 3 is 2.75 bits per heavy atom. The van der Waals surface area contributed by atoms with E-state index in [0.29, 0.717) is 28.2 Å². The average Bonchev–Trinajstić information content (AvgIpc) is 2.42. The Morgan fingerprint density at radius 2 is 2.10 bits per heavy atom. The zero-order valence-corrected chi connectivity index (χ0v) is 12.4. The Hall–Kier alpha value is -2.01. The molecule has 2 aromatic rings. The number of ether oxygens (including phenoxy) is 2. The van der Waals surface area contributed by atoms with Crippen molar-refractivity contribution in [2.24, 2.45) is 0 Å². The molecular weight excluding hydrogens is 278 g/mol. The number of anilines is 1.